The lowest BCUT2D eigenvalue weighted by atomic mass is 10.1. The van der Waals surface area contributed by atoms with Crippen molar-refractivity contribution in [2.75, 3.05) is 7.05 Å². The fourth-order valence-corrected chi connectivity index (χ4v) is 3.05. The number of hydrogen-bond acceptors (Lipinski definition) is 3. The lowest BCUT2D eigenvalue weighted by Crippen LogP contribution is -2.18. The van der Waals surface area contributed by atoms with Crippen molar-refractivity contribution in [2.45, 2.75) is 4.90 Å². The molecule has 5 heteroatoms. The van der Waals surface area contributed by atoms with Gasteiger partial charge in [-0.3, -0.25) is 0 Å². The second-order valence-electron chi connectivity index (χ2n) is 4.21. The van der Waals surface area contributed by atoms with Gasteiger partial charge in [0, 0.05) is 10.8 Å². The van der Waals surface area contributed by atoms with E-state index in [2.05, 4.69) is 9.71 Å². The predicted molar refractivity (Wildman–Crippen MR) is 75.5 cm³/mol. The van der Waals surface area contributed by atoms with Gasteiger partial charge in [-0.1, -0.05) is 24.3 Å². The van der Waals surface area contributed by atoms with Crippen molar-refractivity contribution in [3.05, 3.63) is 48.5 Å². The number of hydrogen-bond donors (Lipinski definition) is 1. The van der Waals surface area contributed by atoms with Crippen molar-refractivity contribution in [2.24, 2.45) is 0 Å². The largest absolute Gasteiger partial charge is 0.248 e. The third-order valence-corrected chi connectivity index (χ3v) is 4.55. The molecule has 0 amide bonds. The van der Waals surface area contributed by atoms with Crippen LogP contribution >= 0.6 is 0 Å². The molecule has 0 aliphatic carbocycles. The Hall–Kier alpha value is -1.98. The Kier molecular flexibility index (Phi) is 2.73. The van der Waals surface area contributed by atoms with E-state index in [0.717, 1.165) is 10.9 Å². The molecule has 0 unspecified atom stereocenters. The summed E-state index contributed by atoms with van der Waals surface area (Å²) < 4.78 is 26.4. The topological polar surface area (TPSA) is 59.1 Å². The number of aromatic nitrogens is 1. The first kappa shape index (κ1) is 12.1. The Morgan fingerprint density at radius 3 is 2.53 bits per heavy atom. The van der Waals surface area contributed by atoms with Gasteiger partial charge in [-0.25, -0.2) is 18.1 Å². The van der Waals surface area contributed by atoms with Crippen LogP contribution in [0.4, 0.5) is 0 Å². The molecule has 0 aliphatic heterocycles. The van der Waals surface area contributed by atoms with Crippen LogP contribution in [-0.4, -0.2) is 20.4 Å². The van der Waals surface area contributed by atoms with E-state index in [1.165, 1.54) is 7.05 Å². The van der Waals surface area contributed by atoms with Crippen molar-refractivity contribution >= 4 is 31.8 Å². The molecule has 0 aliphatic rings. The highest BCUT2D eigenvalue weighted by Crippen LogP contribution is 2.25. The summed E-state index contributed by atoms with van der Waals surface area (Å²) in [5.41, 5.74) is 1.53. The minimum absolute atomic E-state index is 0.255. The maximum Gasteiger partial charge on any atom is 0.240 e. The molecule has 1 heterocycles. The first-order valence-electron chi connectivity index (χ1n) is 5.84. The number of fused-ring (bicyclic) bond motifs is 2. The summed E-state index contributed by atoms with van der Waals surface area (Å²) in [7, 11) is -2.08. The molecular formula is C14H12N2O2S. The highest BCUT2D eigenvalue weighted by atomic mass is 32.2. The fraction of sp³-hybridized carbons (Fsp3) is 0.0714. The van der Waals surface area contributed by atoms with E-state index in [1.807, 2.05) is 36.4 Å². The van der Waals surface area contributed by atoms with Gasteiger partial charge in [-0.05, 0) is 31.3 Å². The number of para-hydroxylation sites is 1. The summed E-state index contributed by atoms with van der Waals surface area (Å²) in [5.74, 6) is 0. The first-order chi connectivity index (χ1) is 9.12. The lowest BCUT2D eigenvalue weighted by molar-refractivity contribution is 0.589. The van der Waals surface area contributed by atoms with Gasteiger partial charge in [-0.2, -0.15) is 0 Å². The summed E-state index contributed by atoms with van der Waals surface area (Å²) >= 11 is 0. The molecule has 0 atom stereocenters. The number of benzene rings is 2. The zero-order valence-corrected chi connectivity index (χ0v) is 11.1. The minimum Gasteiger partial charge on any atom is -0.248 e. The van der Waals surface area contributed by atoms with Crippen molar-refractivity contribution in [1.29, 1.82) is 0 Å². The second-order valence-corrected chi connectivity index (χ2v) is 6.07. The number of nitrogens with one attached hydrogen (secondary N) is 1. The summed E-state index contributed by atoms with van der Waals surface area (Å²) in [6.45, 7) is 0. The van der Waals surface area contributed by atoms with E-state index in [0.29, 0.717) is 10.9 Å². The van der Waals surface area contributed by atoms with Crippen LogP contribution in [0.5, 0.6) is 0 Å². The Morgan fingerprint density at radius 2 is 1.74 bits per heavy atom. The number of nitrogens with zero attached hydrogens (tertiary/aromatic N) is 1. The molecule has 0 saturated carbocycles. The van der Waals surface area contributed by atoms with Crippen molar-refractivity contribution in [3.8, 4) is 0 Å². The molecule has 0 saturated heterocycles. The van der Waals surface area contributed by atoms with Crippen LogP contribution in [0, 0.1) is 0 Å². The SMILES string of the molecule is CNS(=O)(=O)c1cccc2nc3ccccc3cc12. The monoisotopic (exact) mass is 272 g/mol. The minimum atomic E-state index is -3.48. The molecule has 4 nitrogen and oxygen atoms in total. The van der Waals surface area contributed by atoms with Gasteiger partial charge in [-0.15, -0.1) is 0 Å². The first-order valence-corrected chi connectivity index (χ1v) is 7.32. The molecule has 1 aromatic heterocycles. The van der Waals surface area contributed by atoms with E-state index in [-0.39, 0.29) is 4.90 Å². The molecule has 3 rings (SSSR count). The molecule has 0 spiro atoms. The Labute approximate surface area is 111 Å². The van der Waals surface area contributed by atoms with E-state index in [9.17, 15) is 8.42 Å². The third kappa shape index (κ3) is 1.97. The molecule has 0 fully saturated rings. The van der Waals surface area contributed by atoms with Crippen molar-refractivity contribution < 1.29 is 8.42 Å². The molecule has 2 aromatic carbocycles. The lowest BCUT2D eigenvalue weighted by Gasteiger charge is -2.07. The Morgan fingerprint density at radius 1 is 1.00 bits per heavy atom. The van der Waals surface area contributed by atoms with Crippen LogP contribution in [0.2, 0.25) is 0 Å². The van der Waals surface area contributed by atoms with Gasteiger partial charge in [0.05, 0.1) is 15.9 Å². The molecular weight excluding hydrogens is 260 g/mol. The van der Waals surface area contributed by atoms with Crippen LogP contribution < -0.4 is 4.72 Å². The maximum atomic E-state index is 12.0. The van der Waals surface area contributed by atoms with Gasteiger partial charge in [0.1, 0.15) is 0 Å². The van der Waals surface area contributed by atoms with Gasteiger partial charge < -0.3 is 0 Å². The summed E-state index contributed by atoms with van der Waals surface area (Å²) in [4.78, 5) is 4.75. The summed E-state index contributed by atoms with van der Waals surface area (Å²) in [5, 5.41) is 1.56. The van der Waals surface area contributed by atoms with E-state index in [4.69, 9.17) is 0 Å². The molecule has 0 bridgehead atoms. The molecule has 3 aromatic rings. The van der Waals surface area contributed by atoms with Gasteiger partial charge in [0.15, 0.2) is 0 Å². The number of sulfonamides is 1. The predicted octanol–water partition coefficient (Wildman–Crippen LogP) is 2.30. The molecule has 96 valence electrons. The van der Waals surface area contributed by atoms with Gasteiger partial charge >= 0.3 is 0 Å². The molecule has 1 N–H and O–H groups in total. The van der Waals surface area contributed by atoms with E-state index in [1.54, 1.807) is 12.1 Å². The third-order valence-electron chi connectivity index (χ3n) is 3.08. The van der Waals surface area contributed by atoms with E-state index >= 15 is 0 Å². The van der Waals surface area contributed by atoms with Crippen molar-refractivity contribution in [1.82, 2.24) is 9.71 Å². The number of rotatable bonds is 2. The Balaban J connectivity index is 2.45. The van der Waals surface area contributed by atoms with Crippen LogP contribution in [0.15, 0.2) is 53.4 Å². The highest BCUT2D eigenvalue weighted by Gasteiger charge is 2.15. The van der Waals surface area contributed by atoms with Crippen LogP contribution in [-0.2, 0) is 10.0 Å². The highest BCUT2D eigenvalue weighted by molar-refractivity contribution is 7.89. The average Bonchev–Trinajstić information content (AvgIpc) is 2.44. The van der Waals surface area contributed by atoms with Crippen molar-refractivity contribution in [3.63, 3.8) is 0 Å². The maximum absolute atomic E-state index is 12.0. The van der Waals surface area contributed by atoms with Crippen LogP contribution in [0.1, 0.15) is 0 Å². The summed E-state index contributed by atoms with van der Waals surface area (Å²) in [6, 6.07) is 14.6. The molecule has 0 radical (unpaired) electrons. The van der Waals surface area contributed by atoms with E-state index < -0.39 is 10.0 Å². The van der Waals surface area contributed by atoms with Gasteiger partial charge in [0.2, 0.25) is 10.0 Å². The smallest absolute Gasteiger partial charge is 0.240 e. The summed E-state index contributed by atoms with van der Waals surface area (Å²) in [6.07, 6.45) is 0. The van der Waals surface area contributed by atoms with Crippen LogP contribution in [0.25, 0.3) is 21.8 Å². The zero-order valence-electron chi connectivity index (χ0n) is 10.3. The molecule has 19 heavy (non-hydrogen) atoms. The zero-order chi connectivity index (χ0) is 13.5. The average molecular weight is 272 g/mol. The standard InChI is InChI=1S/C14H12N2O2S/c1-15-19(17,18)14-8-4-7-13-11(14)9-10-5-2-3-6-12(10)16-13/h2-9,15H,1H3. The van der Waals surface area contributed by atoms with Crippen LogP contribution in [0.3, 0.4) is 0 Å². The second kappa shape index (κ2) is 4.29. The normalized spacial score (nSPS) is 12.1. The van der Waals surface area contributed by atoms with Gasteiger partial charge in [0.25, 0.3) is 0 Å². The quantitative estimate of drug-likeness (QED) is 0.728. The Bertz CT molecular complexity index is 873. The fourth-order valence-electron chi connectivity index (χ4n) is 2.12. The number of pyridine rings is 1.